The maximum Gasteiger partial charge on any atom is 0.103 e. The van der Waals surface area contributed by atoms with Crippen LogP contribution in [-0.2, 0) is 0 Å². The van der Waals surface area contributed by atoms with Crippen LogP contribution in [0.15, 0.2) is 12.4 Å². The first-order chi connectivity index (χ1) is 13.7. The van der Waals surface area contributed by atoms with Gasteiger partial charge in [0.25, 0.3) is 0 Å². The molecule has 0 bridgehead atoms. The average Bonchev–Trinajstić information content (AvgIpc) is 3.05. The molecule has 2 heteroatoms. The molecule has 0 saturated heterocycles. The molecule has 2 nitrogen and oxygen atoms in total. The van der Waals surface area contributed by atoms with E-state index in [-0.39, 0.29) is 0 Å². The minimum atomic E-state index is 0.570. The second-order valence-corrected chi connectivity index (χ2v) is 9.52. The largest absolute Gasteiger partial charge is 0.359 e. The normalized spacial score (nSPS) is 16.7. The zero-order valence-corrected chi connectivity index (χ0v) is 19.9. The summed E-state index contributed by atoms with van der Waals surface area (Å²) in [5, 5.41) is 0. The van der Waals surface area contributed by atoms with Crippen LogP contribution in [0.4, 0.5) is 0 Å². The zero-order chi connectivity index (χ0) is 20.5. The molecule has 1 unspecified atom stereocenters. The van der Waals surface area contributed by atoms with Crippen molar-refractivity contribution >= 4 is 0 Å². The highest BCUT2D eigenvalue weighted by molar-refractivity contribution is 4.96. The first kappa shape index (κ1) is 25.4. The SMILES string of the molecule is CCCCCCCCCCCCCCCCCCCN1C=CN(C)C1C(C)C. The Morgan fingerprint density at radius 1 is 0.607 bits per heavy atom. The molecule has 0 aromatic rings. The summed E-state index contributed by atoms with van der Waals surface area (Å²) in [5.41, 5.74) is 0. The van der Waals surface area contributed by atoms with E-state index in [0.717, 1.165) is 0 Å². The van der Waals surface area contributed by atoms with Gasteiger partial charge in [0.1, 0.15) is 6.17 Å². The van der Waals surface area contributed by atoms with Crippen LogP contribution in [0.25, 0.3) is 0 Å². The van der Waals surface area contributed by atoms with Crippen LogP contribution in [0.1, 0.15) is 130 Å². The van der Waals surface area contributed by atoms with Crippen molar-refractivity contribution in [3.05, 3.63) is 12.4 Å². The van der Waals surface area contributed by atoms with Crippen molar-refractivity contribution in [1.82, 2.24) is 9.80 Å². The smallest absolute Gasteiger partial charge is 0.103 e. The number of hydrogen-bond donors (Lipinski definition) is 0. The van der Waals surface area contributed by atoms with Gasteiger partial charge in [0, 0.05) is 26.0 Å². The molecular formula is C26H52N2. The van der Waals surface area contributed by atoms with E-state index in [1.54, 1.807) is 0 Å². The Balaban J connectivity index is 1.78. The zero-order valence-electron chi connectivity index (χ0n) is 19.9. The third-order valence-electron chi connectivity index (χ3n) is 6.37. The second kappa shape index (κ2) is 17.2. The van der Waals surface area contributed by atoms with Crippen LogP contribution >= 0.6 is 0 Å². The fraction of sp³-hybridized carbons (Fsp3) is 0.923. The molecular weight excluding hydrogens is 340 g/mol. The lowest BCUT2D eigenvalue weighted by Gasteiger charge is -2.33. The van der Waals surface area contributed by atoms with E-state index in [1.165, 1.54) is 116 Å². The molecule has 0 radical (unpaired) electrons. The van der Waals surface area contributed by atoms with Gasteiger partial charge in [-0.3, -0.25) is 0 Å². The van der Waals surface area contributed by atoms with Crippen LogP contribution in [0, 0.1) is 5.92 Å². The minimum absolute atomic E-state index is 0.570. The summed E-state index contributed by atoms with van der Waals surface area (Å²) in [6.07, 6.45) is 29.7. The quantitative estimate of drug-likeness (QED) is 0.204. The van der Waals surface area contributed by atoms with Gasteiger partial charge in [-0.15, -0.1) is 0 Å². The summed E-state index contributed by atoms with van der Waals surface area (Å²) in [5.74, 6) is 0.686. The maximum atomic E-state index is 2.54. The van der Waals surface area contributed by atoms with E-state index in [4.69, 9.17) is 0 Å². The lowest BCUT2D eigenvalue weighted by molar-refractivity contribution is 0.125. The van der Waals surface area contributed by atoms with E-state index in [1.807, 2.05) is 0 Å². The highest BCUT2D eigenvalue weighted by Gasteiger charge is 2.25. The van der Waals surface area contributed by atoms with Crippen molar-refractivity contribution in [1.29, 1.82) is 0 Å². The standard InChI is InChI=1S/C26H52N2/c1-5-6-7-8-9-10-11-12-13-14-15-16-17-18-19-20-21-22-28-24-23-27(4)26(28)25(2)3/h23-26H,5-22H2,1-4H3. The van der Waals surface area contributed by atoms with Gasteiger partial charge in [-0.2, -0.15) is 0 Å². The first-order valence-corrected chi connectivity index (χ1v) is 12.8. The molecule has 1 atom stereocenters. The molecule has 166 valence electrons. The third-order valence-corrected chi connectivity index (χ3v) is 6.37. The predicted molar refractivity (Wildman–Crippen MR) is 126 cm³/mol. The highest BCUT2D eigenvalue weighted by atomic mass is 15.4. The van der Waals surface area contributed by atoms with Crippen LogP contribution in [0.3, 0.4) is 0 Å². The Labute approximate surface area is 178 Å². The van der Waals surface area contributed by atoms with Gasteiger partial charge < -0.3 is 9.80 Å². The Morgan fingerprint density at radius 2 is 1.00 bits per heavy atom. The summed E-state index contributed by atoms with van der Waals surface area (Å²) < 4.78 is 0. The van der Waals surface area contributed by atoms with E-state index >= 15 is 0 Å². The number of rotatable bonds is 19. The van der Waals surface area contributed by atoms with E-state index in [0.29, 0.717) is 12.1 Å². The monoisotopic (exact) mass is 392 g/mol. The maximum absolute atomic E-state index is 2.54. The molecule has 1 aliphatic rings. The molecule has 0 spiro atoms. The third kappa shape index (κ3) is 12.0. The molecule has 0 aromatic carbocycles. The summed E-state index contributed by atoms with van der Waals surface area (Å²) in [6.45, 7) is 8.18. The Hall–Kier alpha value is -0.660. The van der Waals surface area contributed by atoms with Gasteiger partial charge >= 0.3 is 0 Å². The van der Waals surface area contributed by atoms with Crippen molar-refractivity contribution in [2.24, 2.45) is 5.92 Å². The van der Waals surface area contributed by atoms with Gasteiger partial charge in [0.2, 0.25) is 0 Å². The Morgan fingerprint density at radius 3 is 1.39 bits per heavy atom. The summed E-state index contributed by atoms with van der Waals surface area (Å²) in [6, 6.07) is 0. The van der Waals surface area contributed by atoms with Gasteiger partial charge in [0.15, 0.2) is 0 Å². The molecule has 0 N–H and O–H groups in total. The molecule has 0 fully saturated rings. The second-order valence-electron chi connectivity index (χ2n) is 9.52. The summed E-state index contributed by atoms with van der Waals surface area (Å²) in [4.78, 5) is 4.90. The lowest BCUT2D eigenvalue weighted by atomic mass is 10.0. The molecule has 28 heavy (non-hydrogen) atoms. The van der Waals surface area contributed by atoms with Gasteiger partial charge in [0.05, 0.1) is 0 Å². The van der Waals surface area contributed by atoms with Crippen LogP contribution in [-0.4, -0.2) is 29.6 Å². The van der Waals surface area contributed by atoms with E-state index in [2.05, 4.69) is 50.0 Å². The van der Waals surface area contributed by atoms with E-state index < -0.39 is 0 Å². The molecule has 1 rings (SSSR count). The van der Waals surface area contributed by atoms with Crippen molar-refractivity contribution < 1.29 is 0 Å². The van der Waals surface area contributed by atoms with Crippen LogP contribution in [0.2, 0.25) is 0 Å². The molecule has 0 aliphatic carbocycles. The minimum Gasteiger partial charge on any atom is -0.359 e. The van der Waals surface area contributed by atoms with Crippen molar-refractivity contribution in [3.63, 3.8) is 0 Å². The lowest BCUT2D eigenvalue weighted by Crippen LogP contribution is -2.41. The molecule has 0 saturated carbocycles. The number of hydrogen-bond acceptors (Lipinski definition) is 2. The van der Waals surface area contributed by atoms with Gasteiger partial charge in [-0.25, -0.2) is 0 Å². The Bertz CT molecular complexity index is 363. The number of nitrogens with zero attached hydrogens (tertiary/aromatic N) is 2. The molecule has 1 aliphatic heterocycles. The van der Waals surface area contributed by atoms with Gasteiger partial charge in [-0.1, -0.05) is 124 Å². The molecule has 1 heterocycles. The van der Waals surface area contributed by atoms with Crippen molar-refractivity contribution in [2.75, 3.05) is 13.6 Å². The van der Waals surface area contributed by atoms with Crippen LogP contribution < -0.4 is 0 Å². The average molecular weight is 393 g/mol. The van der Waals surface area contributed by atoms with Crippen molar-refractivity contribution in [2.45, 2.75) is 136 Å². The van der Waals surface area contributed by atoms with Crippen molar-refractivity contribution in [3.8, 4) is 0 Å². The van der Waals surface area contributed by atoms with Crippen LogP contribution in [0.5, 0.6) is 0 Å². The summed E-state index contributed by atoms with van der Waals surface area (Å²) >= 11 is 0. The summed E-state index contributed by atoms with van der Waals surface area (Å²) in [7, 11) is 2.20. The fourth-order valence-electron chi connectivity index (χ4n) is 4.68. The predicted octanol–water partition coefficient (Wildman–Crippen LogP) is 8.34. The number of unbranched alkanes of at least 4 members (excludes halogenated alkanes) is 16. The highest BCUT2D eigenvalue weighted by Crippen LogP contribution is 2.22. The first-order valence-electron chi connectivity index (χ1n) is 12.8. The van der Waals surface area contributed by atoms with E-state index in [9.17, 15) is 0 Å². The molecule has 0 aromatic heterocycles. The fourth-order valence-corrected chi connectivity index (χ4v) is 4.68. The molecule has 0 amide bonds. The van der Waals surface area contributed by atoms with Gasteiger partial charge in [-0.05, 0) is 12.3 Å². The Kier molecular flexibility index (Phi) is 15.6. The topological polar surface area (TPSA) is 6.48 Å².